The Morgan fingerprint density at radius 3 is 2.67 bits per heavy atom. The highest BCUT2D eigenvalue weighted by Gasteiger charge is 2.39. The Bertz CT molecular complexity index is 225. The standard InChI is InChI=1S/C13H23NO/c1-2-13(7-8-14-10-13)12(15)9-11-5-3-4-6-11/h11,14H,2-10H2,1H3. The summed E-state index contributed by atoms with van der Waals surface area (Å²) in [4.78, 5) is 12.3. The van der Waals surface area contributed by atoms with Crippen LogP contribution in [0.5, 0.6) is 0 Å². The fourth-order valence-electron chi connectivity index (χ4n) is 3.17. The molecule has 0 aromatic heterocycles. The van der Waals surface area contributed by atoms with Crippen LogP contribution in [0.2, 0.25) is 0 Å². The lowest BCUT2D eigenvalue weighted by Gasteiger charge is -2.26. The minimum atomic E-state index is 0.00257. The Kier molecular flexibility index (Phi) is 3.45. The molecule has 1 N–H and O–H groups in total. The number of Topliss-reactive ketones (excluding diaryl/α,β-unsaturated/α-hetero) is 1. The van der Waals surface area contributed by atoms with Crippen molar-refractivity contribution in [1.29, 1.82) is 0 Å². The Morgan fingerprint density at radius 1 is 1.40 bits per heavy atom. The monoisotopic (exact) mass is 209 g/mol. The molecule has 0 aromatic carbocycles. The van der Waals surface area contributed by atoms with Gasteiger partial charge in [-0.05, 0) is 25.3 Å². The third-order valence-corrected chi connectivity index (χ3v) is 4.46. The van der Waals surface area contributed by atoms with E-state index in [0.717, 1.165) is 32.4 Å². The molecule has 1 aliphatic carbocycles. The molecule has 0 radical (unpaired) electrons. The lowest BCUT2D eigenvalue weighted by Crippen LogP contribution is -2.33. The molecule has 1 atom stereocenters. The van der Waals surface area contributed by atoms with Crippen molar-refractivity contribution in [3.05, 3.63) is 0 Å². The topological polar surface area (TPSA) is 29.1 Å². The second kappa shape index (κ2) is 4.65. The van der Waals surface area contributed by atoms with E-state index < -0.39 is 0 Å². The smallest absolute Gasteiger partial charge is 0.140 e. The minimum absolute atomic E-state index is 0.00257. The summed E-state index contributed by atoms with van der Waals surface area (Å²) in [5, 5.41) is 3.35. The largest absolute Gasteiger partial charge is 0.316 e. The van der Waals surface area contributed by atoms with Gasteiger partial charge in [0.05, 0.1) is 0 Å². The van der Waals surface area contributed by atoms with Crippen LogP contribution in [0.4, 0.5) is 0 Å². The van der Waals surface area contributed by atoms with E-state index in [0.29, 0.717) is 11.7 Å². The van der Waals surface area contributed by atoms with Crippen LogP contribution in [0.25, 0.3) is 0 Å². The van der Waals surface area contributed by atoms with Crippen molar-refractivity contribution in [1.82, 2.24) is 5.32 Å². The van der Waals surface area contributed by atoms with Gasteiger partial charge in [0.25, 0.3) is 0 Å². The Balaban J connectivity index is 1.92. The third-order valence-electron chi connectivity index (χ3n) is 4.46. The summed E-state index contributed by atoms with van der Waals surface area (Å²) in [7, 11) is 0. The van der Waals surface area contributed by atoms with E-state index in [-0.39, 0.29) is 5.41 Å². The molecule has 1 saturated heterocycles. The van der Waals surface area contributed by atoms with Crippen LogP contribution in [-0.4, -0.2) is 18.9 Å². The van der Waals surface area contributed by atoms with E-state index in [4.69, 9.17) is 0 Å². The van der Waals surface area contributed by atoms with Crippen LogP contribution in [0, 0.1) is 11.3 Å². The van der Waals surface area contributed by atoms with E-state index in [1.54, 1.807) is 0 Å². The van der Waals surface area contributed by atoms with Gasteiger partial charge in [0, 0.05) is 18.4 Å². The number of hydrogen-bond donors (Lipinski definition) is 1. The molecule has 2 heteroatoms. The van der Waals surface area contributed by atoms with Crippen molar-refractivity contribution in [2.24, 2.45) is 11.3 Å². The first-order valence-corrected chi connectivity index (χ1v) is 6.51. The van der Waals surface area contributed by atoms with Gasteiger partial charge in [0.2, 0.25) is 0 Å². The first kappa shape index (κ1) is 11.1. The van der Waals surface area contributed by atoms with Crippen molar-refractivity contribution in [2.75, 3.05) is 13.1 Å². The summed E-state index contributed by atoms with van der Waals surface area (Å²) in [6, 6.07) is 0. The quantitative estimate of drug-likeness (QED) is 0.771. The molecule has 1 heterocycles. The van der Waals surface area contributed by atoms with Crippen molar-refractivity contribution >= 4 is 5.78 Å². The van der Waals surface area contributed by atoms with Gasteiger partial charge in [-0.15, -0.1) is 0 Å². The molecule has 1 saturated carbocycles. The van der Waals surface area contributed by atoms with Crippen LogP contribution >= 0.6 is 0 Å². The molecular formula is C13H23NO. The highest BCUT2D eigenvalue weighted by Crippen LogP contribution is 2.36. The molecule has 2 aliphatic rings. The summed E-state index contributed by atoms with van der Waals surface area (Å²) in [6.07, 6.45) is 8.21. The van der Waals surface area contributed by atoms with E-state index in [9.17, 15) is 4.79 Å². The first-order valence-electron chi connectivity index (χ1n) is 6.51. The molecule has 86 valence electrons. The summed E-state index contributed by atoms with van der Waals surface area (Å²) in [5.41, 5.74) is 0.00257. The van der Waals surface area contributed by atoms with E-state index in [1.165, 1.54) is 25.7 Å². The average Bonchev–Trinajstić information content (AvgIpc) is 2.87. The molecule has 2 fully saturated rings. The zero-order valence-corrected chi connectivity index (χ0v) is 9.85. The fraction of sp³-hybridized carbons (Fsp3) is 0.923. The van der Waals surface area contributed by atoms with Gasteiger partial charge in [-0.1, -0.05) is 32.6 Å². The first-order chi connectivity index (χ1) is 7.27. The van der Waals surface area contributed by atoms with Gasteiger partial charge >= 0.3 is 0 Å². The number of ketones is 1. The second-order valence-corrected chi connectivity index (χ2v) is 5.34. The molecule has 1 aliphatic heterocycles. The molecule has 15 heavy (non-hydrogen) atoms. The Hall–Kier alpha value is -0.370. The predicted octanol–water partition coefficient (Wildman–Crippen LogP) is 2.53. The number of nitrogens with one attached hydrogen (secondary N) is 1. The van der Waals surface area contributed by atoms with E-state index in [1.807, 2.05) is 0 Å². The highest BCUT2D eigenvalue weighted by atomic mass is 16.1. The molecule has 0 amide bonds. The van der Waals surface area contributed by atoms with Crippen LogP contribution in [-0.2, 0) is 4.79 Å². The Labute approximate surface area is 92.8 Å². The van der Waals surface area contributed by atoms with Crippen molar-refractivity contribution in [3.8, 4) is 0 Å². The summed E-state index contributed by atoms with van der Waals surface area (Å²) >= 11 is 0. The average molecular weight is 209 g/mol. The molecule has 0 spiro atoms. The summed E-state index contributed by atoms with van der Waals surface area (Å²) < 4.78 is 0. The van der Waals surface area contributed by atoms with Gasteiger partial charge in [-0.2, -0.15) is 0 Å². The maximum Gasteiger partial charge on any atom is 0.140 e. The third kappa shape index (κ3) is 2.25. The fourth-order valence-corrected chi connectivity index (χ4v) is 3.17. The van der Waals surface area contributed by atoms with Gasteiger partial charge in [-0.3, -0.25) is 4.79 Å². The van der Waals surface area contributed by atoms with Crippen LogP contribution < -0.4 is 5.32 Å². The molecule has 0 bridgehead atoms. The number of carbonyl (C=O) groups excluding carboxylic acids is 1. The van der Waals surface area contributed by atoms with Crippen molar-refractivity contribution in [2.45, 2.75) is 51.9 Å². The SMILES string of the molecule is CCC1(C(=O)CC2CCCC2)CCNC1. The molecule has 0 aromatic rings. The number of carbonyl (C=O) groups is 1. The van der Waals surface area contributed by atoms with E-state index in [2.05, 4.69) is 12.2 Å². The zero-order valence-electron chi connectivity index (χ0n) is 9.85. The van der Waals surface area contributed by atoms with Crippen LogP contribution in [0.15, 0.2) is 0 Å². The Morgan fingerprint density at radius 2 is 2.13 bits per heavy atom. The van der Waals surface area contributed by atoms with Crippen LogP contribution in [0.3, 0.4) is 0 Å². The summed E-state index contributed by atoms with van der Waals surface area (Å²) in [6.45, 7) is 4.12. The van der Waals surface area contributed by atoms with Crippen molar-refractivity contribution < 1.29 is 4.79 Å². The number of hydrogen-bond acceptors (Lipinski definition) is 2. The maximum atomic E-state index is 12.3. The predicted molar refractivity (Wildman–Crippen MR) is 61.8 cm³/mol. The zero-order chi connectivity index (χ0) is 10.7. The summed E-state index contributed by atoms with van der Waals surface area (Å²) in [5.74, 6) is 1.25. The molecule has 2 nitrogen and oxygen atoms in total. The number of rotatable bonds is 4. The van der Waals surface area contributed by atoms with Gasteiger partial charge in [0.15, 0.2) is 0 Å². The van der Waals surface area contributed by atoms with Gasteiger partial charge in [-0.25, -0.2) is 0 Å². The lowest BCUT2D eigenvalue weighted by atomic mass is 9.76. The minimum Gasteiger partial charge on any atom is -0.316 e. The highest BCUT2D eigenvalue weighted by molar-refractivity contribution is 5.85. The molecule has 1 unspecified atom stereocenters. The molecular weight excluding hydrogens is 186 g/mol. The maximum absolute atomic E-state index is 12.3. The van der Waals surface area contributed by atoms with Crippen molar-refractivity contribution in [3.63, 3.8) is 0 Å². The van der Waals surface area contributed by atoms with Gasteiger partial charge < -0.3 is 5.32 Å². The van der Waals surface area contributed by atoms with E-state index >= 15 is 0 Å². The second-order valence-electron chi connectivity index (χ2n) is 5.34. The lowest BCUT2D eigenvalue weighted by molar-refractivity contribution is -0.129. The normalized spacial score (nSPS) is 32.3. The molecule has 2 rings (SSSR count). The van der Waals surface area contributed by atoms with Crippen LogP contribution in [0.1, 0.15) is 51.9 Å². The van der Waals surface area contributed by atoms with Gasteiger partial charge in [0.1, 0.15) is 5.78 Å².